The summed E-state index contributed by atoms with van der Waals surface area (Å²) in [4.78, 5) is 51.5. The highest BCUT2D eigenvalue weighted by Gasteiger charge is 2.50. The molecule has 0 aromatic heterocycles. The molecule has 2 fully saturated rings. The van der Waals surface area contributed by atoms with Crippen molar-refractivity contribution in [1.82, 2.24) is 9.80 Å². The van der Waals surface area contributed by atoms with E-state index in [1.165, 1.54) is 18.7 Å². The molecule has 1 aromatic rings. The van der Waals surface area contributed by atoms with Crippen molar-refractivity contribution < 1.29 is 28.7 Å². The van der Waals surface area contributed by atoms with Crippen molar-refractivity contribution in [2.75, 3.05) is 19.6 Å². The Morgan fingerprint density at radius 1 is 1.15 bits per heavy atom. The molecule has 4 rings (SSSR count). The quantitative estimate of drug-likeness (QED) is 0.779. The molecular formula is C19H20N2O6. The number of hydrogen-bond donors (Lipinski definition) is 0. The lowest BCUT2D eigenvalue weighted by molar-refractivity contribution is -0.140. The minimum absolute atomic E-state index is 0.00815. The highest BCUT2D eigenvalue weighted by Crippen LogP contribution is 2.38. The predicted molar refractivity (Wildman–Crippen MR) is 92.2 cm³/mol. The second-order valence-electron chi connectivity index (χ2n) is 7.72. The van der Waals surface area contributed by atoms with Crippen molar-refractivity contribution in [3.63, 3.8) is 0 Å². The van der Waals surface area contributed by atoms with Gasteiger partial charge in [0.15, 0.2) is 11.4 Å². The van der Waals surface area contributed by atoms with Gasteiger partial charge in [-0.15, -0.1) is 0 Å². The lowest BCUT2D eigenvalue weighted by Crippen LogP contribution is -2.47. The fraction of sp³-hybridized carbons (Fsp3) is 0.474. The van der Waals surface area contributed by atoms with Crippen molar-refractivity contribution in [2.24, 2.45) is 0 Å². The van der Waals surface area contributed by atoms with Crippen LogP contribution in [0.25, 0.3) is 0 Å². The molecule has 0 N–H and O–H groups in total. The highest BCUT2D eigenvalue weighted by molar-refractivity contribution is 6.05. The fourth-order valence-electron chi connectivity index (χ4n) is 3.82. The van der Waals surface area contributed by atoms with Crippen LogP contribution in [-0.4, -0.2) is 64.3 Å². The zero-order chi connectivity index (χ0) is 19.4. The Bertz CT molecular complexity index is 864. The van der Waals surface area contributed by atoms with Crippen LogP contribution in [0.4, 0.5) is 4.79 Å². The van der Waals surface area contributed by atoms with Crippen LogP contribution in [0.3, 0.4) is 0 Å². The smallest absolute Gasteiger partial charge is 0.418 e. The Morgan fingerprint density at radius 2 is 1.89 bits per heavy atom. The van der Waals surface area contributed by atoms with Crippen LogP contribution in [0, 0.1) is 0 Å². The number of rotatable bonds is 2. The van der Waals surface area contributed by atoms with Gasteiger partial charge < -0.3 is 14.4 Å². The Kier molecular flexibility index (Phi) is 3.76. The molecule has 3 aliphatic heterocycles. The van der Waals surface area contributed by atoms with E-state index in [0.717, 1.165) is 4.90 Å². The van der Waals surface area contributed by atoms with Crippen LogP contribution in [-0.2, 0) is 14.3 Å². The Morgan fingerprint density at radius 3 is 2.59 bits per heavy atom. The maximum Gasteiger partial charge on any atom is 0.418 e. The maximum atomic E-state index is 12.6. The van der Waals surface area contributed by atoms with E-state index in [0.29, 0.717) is 24.3 Å². The largest absolute Gasteiger partial charge is 0.484 e. The number of ether oxygens (including phenoxy) is 2. The number of benzene rings is 1. The number of likely N-dealkylation sites (tertiary alicyclic amines) is 1. The van der Waals surface area contributed by atoms with Crippen LogP contribution in [0.15, 0.2) is 24.3 Å². The molecule has 0 aliphatic carbocycles. The standard InChI is InChI=1S/C19H20N2O6/c1-18(2)16(24)21(17(25)27-18)10-15(23)20-8-7-19(11-20)9-13(22)12-5-3-4-6-14(12)26-19/h3-6H,7-11H2,1-2H3/t19-/m0/s1. The summed E-state index contributed by atoms with van der Waals surface area (Å²) in [6.07, 6.45) is -0.0981. The average Bonchev–Trinajstić information content (AvgIpc) is 3.09. The molecule has 8 heteroatoms. The third-order valence-corrected chi connectivity index (χ3v) is 5.28. The molecule has 3 heterocycles. The number of Topliss-reactive ketones (excluding diaryl/α,β-unsaturated/α-hetero) is 1. The van der Waals surface area contributed by atoms with E-state index in [1.54, 1.807) is 24.3 Å². The van der Waals surface area contributed by atoms with E-state index >= 15 is 0 Å². The zero-order valence-corrected chi connectivity index (χ0v) is 15.2. The molecule has 142 valence electrons. The lowest BCUT2D eigenvalue weighted by Gasteiger charge is -2.34. The zero-order valence-electron chi connectivity index (χ0n) is 15.2. The Balaban J connectivity index is 1.46. The van der Waals surface area contributed by atoms with Crippen molar-refractivity contribution in [2.45, 2.75) is 37.9 Å². The molecule has 3 aliphatic rings. The number of imide groups is 1. The van der Waals surface area contributed by atoms with Gasteiger partial charge in [0.2, 0.25) is 5.91 Å². The Labute approximate surface area is 156 Å². The first-order valence-electron chi connectivity index (χ1n) is 8.85. The van der Waals surface area contributed by atoms with E-state index in [2.05, 4.69) is 0 Å². The topological polar surface area (TPSA) is 93.2 Å². The summed E-state index contributed by atoms with van der Waals surface area (Å²) in [5.41, 5.74) is -1.46. The van der Waals surface area contributed by atoms with Gasteiger partial charge in [0.25, 0.3) is 5.91 Å². The van der Waals surface area contributed by atoms with E-state index in [9.17, 15) is 19.2 Å². The minimum Gasteiger partial charge on any atom is -0.484 e. The molecule has 0 unspecified atom stereocenters. The van der Waals surface area contributed by atoms with E-state index in [4.69, 9.17) is 9.47 Å². The summed E-state index contributed by atoms with van der Waals surface area (Å²) in [6, 6.07) is 7.07. The molecule has 8 nitrogen and oxygen atoms in total. The van der Waals surface area contributed by atoms with Crippen molar-refractivity contribution in [3.8, 4) is 5.75 Å². The first-order valence-corrected chi connectivity index (χ1v) is 8.85. The second-order valence-corrected chi connectivity index (χ2v) is 7.72. The van der Waals surface area contributed by atoms with E-state index in [-0.39, 0.29) is 31.2 Å². The normalized spacial score (nSPS) is 26.2. The third kappa shape index (κ3) is 2.85. The van der Waals surface area contributed by atoms with Gasteiger partial charge in [0, 0.05) is 13.0 Å². The highest BCUT2D eigenvalue weighted by atomic mass is 16.6. The summed E-state index contributed by atoms with van der Waals surface area (Å²) in [7, 11) is 0. The van der Waals surface area contributed by atoms with Gasteiger partial charge in [-0.3, -0.25) is 14.4 Å². The number of nitrogens with zero attached hydrogens (tertiary/aromatic N) is 2. The third-order valence-electron chi connectivity index (χ3n) is 5.28. The number of para-hydroxylation sites is 1. The number of carbonyl (C=O) groups is 4. The number of cyclic esters (lactones) is 1. The minimum atomic E-state index is -1.26. The van der Waals surface area contributed by atoms with E-state index in [1.807, 2.05) is 0 Å². The van der Waals surface area contributed by atoms with Gasteiger partial charge in [0.1, 0.15) is 17.9 Å². The predicted octanol–water partition coefficient (Wildman–Crippen LogP) is 1.38. The number of amides is 3. The van der Waals surface area contributed by atoms with Crippen LogP contribution in [0.1, 0.15) is 37.0 Å². The molecule has 3 amide bonds. The van der Waals surface area contributed by atoms with Crippen molar-refractivity contribution in [3.05, 3.63) is 29.8 Å². The van der Waals surface area contributed by atoms with Crippen LogP contribution in [0.2, 0.25) is 0 Å². The van der Waals surface area contributed by atoms with Crippen LogP contribution < -0.4 is 4.74 Å². The van der Waals surface area contributed by atoms with Gasteiger partial charge in [-0.1, -0.05) is 12.1 Å². The summed E-state index contributed by atoms with van der Waals surface area (Å²) < 4.78 is 11.1. The fourth-order valence-corrected chi connectivity index (χ4v) is 3.82. The summed E-state index contributed by atoms with van der Waals surface area (Å²) >= 11 is 0. The first kappa shape index (κ1) is 17.5. The maximum absolute atomic E-state index is 12.6. The molecule has 0 radical (unpaired) electrons. The van der Waals surface area contributed by atoms with Gasteiger partial charge in [-0.05, 0) is 26.0 Å². The first-order chi connectivity index (χ1) is 12.7. The number of hydrogen-bond acceptors (Lipinski definition) is 6. The Hall–Kier alpha value is -2.90. The molecule has 27 heavy (non-hydrogen) atoms. The van der Waals surface area contributed by atoms with Crippen molar-refractivity contribution in [1.29, 1.82) is 0 Å². The molecule has 0 bridgehead atoms. The van der Waals surface area contributed by atoms with E-state index < -0.39 is 23.2 Å². The lowest BCUT2D eigenvalue weighted by atomic mass is 9.89. The second kappa shape index (κ2) is 5.80. The molecule has 2 saturated heterocycles. The van der Waals surface area contributed by atoms with Crippen LogP contribution >= 0.6 is 0 Å². The summed E-state index contributed by atoms with van der Waals surface area (Å²) in [5.74, 6) is -0.383. The number of fused-ring (bicyclic) bond motifs is 1. The van der Waals surface area contributed by atoms with Crippen LogP contribution in [0.5, 0.6) is 5.75 Å². The molecule has 1 atom stereocenters. The molecule has 0 saturated carbocycles. The monoisotopic (exact) mass is 372 g/mol. The average molecular weight is 372 g/mol. The number of ketones is 1. The van der Waals surface area contributed by atoms with Gasteiger partial charge >= 0.3 is 6.09 Å². The van der Waals surface area contributed by atoms with Gasteiger partial charge in [0.05, 0.1) is 18.5 Å². The van der Waals surface area contributed by atoms with Gasteiger partial charge in [-0.25, -0.2) is 9.69 Å². The summed E-state index contributed by atoms with van der Waals surface area (Å²) in [5, 5.41) is 0. The molecular weight excluding hydrogens is 352 g/mol. The summed E-state index contributed by atoms with van der Waals surface area (Å²) in [6.45, 7) is 3.24. The number of carbonyl (C=O) groups excluding carboxylic acids is 4. The SMILES string of the molecule is CC1(C)OC(=O)N(CC(=O)N2CC[C@]3(CC(=O)c4ccccc4O3)C2)C1=O. The molecule has 1 spiro atoms. The molecule has 1 aromatic carbocycles. The van der Waals surface area contributed by atoms with Crippen molar-refractivity contribution >= 4 is 23.7 Å². The van der Waals surface area contributed by atoms with Gasteiger partial charge in [-0.2, -0.15) is 0 Å².